The third-order valence-electron chi connectivity index (χ3n) is 7.88. The lowest BCUT2D eigenvalue weighted by molar-refractivity contribution is -0.314. The van der Waals surface area contributed by atoms with Gasteiger partial charge in [0, 0.05) is 18.0 Å². The number of benzene rings is 4. The summed E-state index contributed by atoms with van der Waals surface area (Å²) in [5, 5.41) is -0.0693. The second-order valence-corrected chi connectivity index (χ2v) is 12.4. The van der Waals surface area contributed by atoms with Crippen molar-refractivity contribution < 1.29 is 33.2 Å². The number of carbonyl (C=O) groups excluding carboxylic acids is 1. The highest BCUT2D eigenvalue weighted by atomic mass is 32.2. The van der Waals surface area contributed by atoms with Crippen LogP contribution >= 0.6 is 11.8 Å². The van der Waals surface area contributed by atoms with E-state index in [2.05, 4.69) is 4.98 Å². The average molecular weight is 678 g/mol. The van der Waals surface area contributed by atoms with E-state index in [1.165, 1.54) is 0 Å². The molecular formula is C40H39NO7S. The van der Waals surface area contributed by atoms with Crippen LogP contribution in [0.1, 0.15) is 22.3 Å². The molecule has 8 nitrogen and oxygen atoms in total. The molecule has 4 aromatic carbocycles. The monoisotopic (exact) mass is 677 g/mol. The number of rotatable bonds is 15. The van der Waals surface area contributed by atoms with Crippen molar-refractivity contribution in [1.82, 2.24) is 4.98 Å². The first-order valence-electron chi connectivity index (χ1n) is 16.2. The SMILES string of the molecule is O=C(OC1OC(COCc2ccccc2)C(OCc2ccccc2)C(OCc2ccccc2)C1OCc1ccccc1)Sc1ccccn1. The van der Waals surface area contributed by atoms with Crippen molar-refractivity contribution in [2.45, 2.75) is 62.2 Å². The molecule has 0 bridgehead atoms. The lowest BCUT2D eigenvalue weighted by Crippen LogP contribution is -2.62. The normalized spacial score (nSPS) is 20.4. The second kappa shape index (κ2) is 18.4. The lowest BCUT2D eigenvalue weighted by atomic mass is 9.97. The number of pyridine rings is 1. The van der Waals surface area contributed by atoms with Gasteiger partial charge in [0.15, 0.2) is 0 Å². The second-order valence-electron chi connectivity index (χ2n) is 11.5. The molecule has 1 saturated heterocycles. The molecular weight excluding hydrogens is 639 g/mol. The predicted octanol–water partition coefficient (Wildman–Crippen LogP) is 8.01. The van der Waals surface area contributed by atoms with Crippen molar-refractivity contribution in [2.24, 2.45) is 0 Å². The molecule has 9 heteroatoms. The molecule has 0 aliphatic carbocycles. The largest absolute Gasteiger partial charge is 0.424 e. The molecule has 49 heavy (non-hydrogen) atoms. The lowest BCUT2D eigenvalue weighted by Gasteiger charge is -2.45. The van der Waals surface area contributed by atoms with Gasteiger partial charge in [-0.3, -0.25) is 0 Å². The van der Waals surface area contributed by atoms with Gasteiger partial charge in [0.05, 0.1) is 33.0 Å². The van der Waals surface area contributed by atoms with Crippen LogP contribution < -0.4 is 0 Å². The summed E-state index contributed by atoms with van der Waals surface area (Å²) in [5.41, 5.74) is 3.95. The van der Waals surface area contributed by atoms with Gasteiger partial charge in [-0.1, -0.05) is 127 Å². The van der Waals surface area contributed by atoms with Gasteiger partial charge in [-0.05, 0) is 34.4 Å². The van der Waals surface area contributed by atoms with E-state index in [0.717, 1.165) is 34.0 Å². The summed E-state index contributed by atoms with van der Waals surface area (Å²) >= 11 is 0.879. The van der Waals surface area contributed by atoms with Crippen molar-refractivity contribution in [3.05, 3.63) is 168 Å². The van der Waals surface area contributed by atoms with Crippen LogP contribution in [0.4, 0.5) is 4.79 Å². The zero-order valence-electron chi connectivity index (χ0n) is 27.0. The number of ether oxygens (including phenoxy) is 6. The number of hydrogen-bond donors (Lipinski definition) is 0. The molecule has 0 spiro atoms. The molecule has 5 aromatic rings. The van der Waals surface area contributed by atoms with E-state index >= 15 is 0 Å². The van der Waals surface area contributed by atoms with Gasteiger partial charge in [0.25, 0.3) is 0 Å². The molecule has 1 aromatic heterocycles. The minimum atomic E-state index is -1.13. The van der Waals surface area contributed by atoms with E-state index in [4.69, 9.17) is 28.4 Å². The molecule has 1 aliphatic heterocycles. The third kappa shape index (κ3) is 10.6. The van der Waals surface area contributed by atoms with Crippen LogP contribution in [0.25, 0.3) is 0 Å². The van der Waals surface area contributed by atoms with Crippen LogP contribution in [0.15, 0.2) is 151 Å². The van der Waals surface area contributed by atoms with Crippen molar-refractivity contribution in [1.29, 1.82) is 0 Å². The molecule has 0 amide bonds. The van der Waals surface area contributed by atoms with E-state index in [0.29, 0.717) is 18.2 Å². The van der Waals surface area contributed by atoms with Gasteiger partial charge in [-0.2, -0.15) is 0 Å². The van der Waals surface area contributed by atoms with Crippen LogP contribution in [0.2, 0.25) is 0 Å². The Labute approximate surface area is 291 Å². The maximum absolute atomic E-state index is 13.3. The van der Waals surface area contributed by atoms with Crippen LogP contribution in [0, 0.1) is 0 Å². The molecule has 0 saturated carbocycles. The maximum Gasteiger partial charge on any atom is 0.376 e. The highest BCUT2D eigenvalue weighted by Crippen LogP contribution is 2.33. The van der Waals surface area contributed by atoms with Gasteiger partial charge < -0.3 is 28.4 Å². The third-order valence-corrected chi connectivity index (χ3v) is 8.59. The average Bonchev–Trinajstić information content (AvgIpc) is 3.15. The topological polar surface area (TPSA) is 85.3 Å². The van der Waals surface area contributed by atoms with Crippen molar-refractivity contribution in [3.63, 3.8) is 0 Å². The fourth-order valence-electron chi connectivity index (χ4n) is 5.45. The highest BCUT2D eigenvalue weighted by Gasteiger charge is 2.50. The fraction of sp³-hybridized carbons (Fsp3) is 0.250. The molecule has 1 fully saturated rings. The van der Waals surface area contributed by atoms with Gasteiger partial charge in [0.1, 0.15) is 29.4 Å². The van der Waals surface area contributed by atoms with E-state index in [1.54, 1.807) is 18.3 Å². The maximum atomic E-state index is 13.3. The molecule has 1 aliphatic rings. The Balaban J connectivity index is 1.30. The summed E-state index contributed by atoms with van der Waals surface area (Å²) in [4.78, 5) is 17.6. The molecule has 6 rings (SSSR count). The standard InChI is InChI=1S/C40H39NO7S/c42-40(49-35-23-13-14-24-41-35)48-39-38(46-28-33-21-11-4-12-22-33)37(45-27-32-19-9-3-10-20-32)36(44-26-31-17-7-2-8-18-31)34(47-39)29-43-25-30-15-5-1-6-16-30/h1-24,34,36-39H,25-29H2. The quantitative estimate of drug-likeness (QED) is 0.0808. The highest BCUT2D eigenvalue weighted by molar-refractivity contribution is 8.13. The fourth-order valence-corrected chi connectivity index (χ4v) is 6.03. The van der Waals surface area contributed by atoms with Crippen molar-refractivity contribution in [3.8, 4) is 0 Å². The number of aromatic nitrogens is 1. The summed E-state index contributed by atoms with van der Waals surface area (Å²) in [6.45, 7) is 1.35. The van der Waals surface area contributed by atoms with E-state index in [1.807, 2.05) is 127 Å². The van der Waals surface area contributed by atoms with E-state index in [9.17, 15) is 4.79 Å². The zero-order chi connectivity index (χ0) is 33.5. The Morgan fingerprint density at radius 1 is 0.571 bits per heavy atom. The Kier molecular flexibility index (Phi) is 13.0. The number of carbonyl (C=O) groups is 1. The predicted molar refractivity (Wildman–Crippen MR) is 186 cm³/mol. The first kappa shape index (κ1) is 34.5. The molecule has 0 radical (unpaired) electrons. The number of hydrogen-bond acceptors (Lipinski definition) is 9. The van der Waals surface area contributed by atoms with Crippen molar-refractivity contribution >= 4 is 17.1 Å². The number of thioether (sulfide) groups is 1. The molecule has 2 heterocycles. The Hall–Kier alpha value is -4.35. The molecule has 252 valence electrons. The summed E-state index contributed by atoms with van der Waals surface area (Å²) < 4.78 is 38.7. The minimum absolute atomic E-state index is 0.159. The number of nitrogens with zero attached hydrogens (tertiary/aromatic N) is 1. The van der Waals surface area contributed by atoms with Gasteiger partial charge in [-0.15, -0.1) is 0 Å². The summed E-state index contributed by atoms with van der Waals surface area (Å²) in [5.74, 6) is 0. The van der Waals surface area contributed by atoms with Crippen LogP contribution in [0.5, 0.6) is 0 Å². The first-order chi connectivity index (χ1) is 24.2. The van der Waals surface area contributed by atoms with Gasteiger partial charge in [0.2, 0.25) is 6.29 Å². The van der Waals surface area contributed by atoms with Crippen LogP contribution in [-0.4, -0.2) is 47.6 Å². The van der Waals surface area contributed by atoms with Gasteiger partial charge >= 0.3 is 5.30 Å². The van der Waals surface area contributed by atoms with E-state index < -0.39 is 36.0 Å². The summed E-state index contributed by atoms with van der Waals surface area (Å²) in [7, 11) is 0. The smallest absolute Gasteiger partial charge is 0.376 e. The molecule has 0 N–H and O–H groups in total. The van der Waals surface area contributed by atoms with Crippen LogP contribution in [0.3, 0.4) is 0 Å². The Morgan fingerprint density at radius 3 is 1.55 bits per heavy atom. The van der Waals surface area contributed by atoms with Crippen molar-refractivity contribution in [2.75, 3.05) is 6.61 Å². The molecule has 5 unspecified atom stereocenters. The van der Waals surface area contributed by atoms with Gasteiger partial charge in [-0.25, -0.2) is 9.78 Å². The zero-order valence-corrected chi connectivity index (χ0v) is 27.8. The summed E-state index contributed by atoms with van der Waals surface area (Å²) in [6.07, 6.45) is -2.36. The van der Waals surface area contributed by atoms with E-state index in [-0.39, 0.29) is 19.8 Å². The summed E-state index contributed by atoms with van der Waals surface area (Å²) in [6, 6.07) is 44.9. The molecule has 5 atom stereocenters. The Morgan fingerprint density at radius 2 is 1.04 bits per heavy atom. The Bertz CT molecular complexity index is 1670. The minimum Gasteiger partial charge on any atom is -0.424 e. The van der Waals surface area contributed by atoms with Crippen LogP contribution in [-0.2, 0) is 54.8 Å². The first-order valence-corrected chi connectivity index (χ1v) is 17.1.